The Labute approximate surface area is 167 Å². The number of hydrogen-bond acceptors (Lipinski definition) is 5. The van der Waals surface area contributed by atoms with E-state index in [0.29, 0.717) is 10.9 Å². The number of carbonyl (C=O) groups excluding carboxylic acids is 2. The number of aromatic nitrogens is 2. The molecular formula is C22H21N3O4. The number of carbonyl (C=O) groups is 2. The van der Waals surface area contributed by atoms with Crippen LogP contribution in [-0.4, -0.2) is 33.6 Å². The summed E-state index contributed by atoms with van der Waals surface area (Å²) in [6.07, 6.45) is 1.12. The van der Waals surface area contributed by atoms with Gasteiger partial charge in [0.15, 0.2) is 6.10 Å². The van der Waals surface area contributed by atoms with Gasteiger partial charge < -0.3 is 9.64 Å². The number of anilines is 1. The minimum absolute atomic E-state index is 0.00615. The molecule has 0 spiro atoms. The molecule has 29 heavy (non-hydrogen) atoms. The molecule has 1 aliphatic heterocycles. The predicted molar refractivity (Wildman–Crippen MR) is 109 cm³/mol. The summed E-state index contributed by atoms with van der Waals surface area (Å²) in [5, 5.41) is 0.425. The first-order valence-electron chi connectivity index (χ1n) is 9.50. The molecule has 1 aliphatic rings. The molecule has 0 saturated carbocycles. The zero-order valence-corrected chi connectivity index (χ0v) is 16.2. The molecule has 148 valence electrons. The Morgan fingerprint density at radius 3 is 2.72 bits per heavy atom. The summed E-state index contributed by atoms with van der Waals surface area (Å²) in [4.78, 5) is 43.7. The Kier molecular flexibility index (Phi) is 4.88. The second-order valence-corrected chi connectivity index (χ2v) is 7.22. The van der Waals surface area contributed by atoms with Crippen LogP contribution >= 0.6 is 0 Å². The fraction of sp³-hybridized carbons (Fsp3) is 0.273. The first-order valence-corrected chi connectivity index (χ1v) is 9.50. The largest absolute Gasteiger partial charge is 0.451 e. The first kappa shape index (κ1) is 18.9. The van der Waals surface area contributed by atoms with Gasteiger partial charge in [0.1, 0.15) is 6.54 Å². The Hall–Kier alpha value is -3.48. The lowest BCUT2D eigenvalue weighted by Gasteiger charge is -2.26. The van der Waals surface area contributed by atoms with Crippen molar-refractivity contribution in [1.82, 2.24) is 9.55 Å². The van der Waals surface area contributed by atoms with E-state index in [1.54, 1.807) is 36.1 Å². The smallest absolute Gasteiger partial charge is 0.326 e. The second kappa shape index (κ2) is 7.50. The molecular weight excluding hydrogens is 370 g/mol. The van der Waals surface area contributed by atoms with Crippen LogP contribution < -0.4 is 10.5 Å². The lowest BCUT2D eigenvalue weighted by Crippen LogP contribution is -2.43. The van der Waals surface area contributed by atoms with Gasteiger partial charge in [0, 0.05) is 11.7 Å². The zero-order valence-electron chi connectivity index (χ0n) is 16.2. The van der Waals surface area contributed by atoms with E-state index < -0.39 is 12.1 Å². The van der Waals surface area contributed by atoms with Gasteiger partial charge in [-0.05, 0) is 44.0 Å². The lowest BCUT2D eigenvalue weighted by molar-refractivity contribution is -0.154. The third-order valence-corrected chi connectivity index (χ3v) is 5.13. The minimum atomic E-state index is -0.958. The quantitative estimate of drug-likeness (QED) is 0.638. The van der Waals surface area contributed by atoms with Gasteiger partial charge in [0.05, 0.1) is 17.2 Å². The van der Waals surface area contributed by atoms with Crippen LogP contribution in [0.3, 0.4) is 0 Å². The number of amides is 1. The average molecular weight is 391 g/mol. The first-order chi connectivity index (χ1) is 14.0. The van der Waals surface area contributed by atoms with E-state index in [4.69, 9.17) is 4.74 Å². The van der Waals surface area contributed by atoms with Gasteiger partial charge in [0.2, 0.25) is 0 Å². The van der Waals surface area contributed by atoms with Crippen molar-refractivity contribution in [2.75, 3.05) is 4.90 Å². The van der Waals surface area contributed by atoms with Crippen molar-refractivity contribution < 1.29 is 14.3 Å². The Balaban J connectivity index is 1.47. The highest BCUT2D eigenvalue weighted by Crippen LogP contribution is 2.32. The molecule has 0 radical (unpaired) electrons. The molecule has 0 aliphatic carbocycles. The molecule has 0 saturated heterocycles. The van der Waals surface area contributed by atoms with Crippen LogP contribution in [0.25, 0.3) is 10.9 Å². The summed E-state index contributed by atoms with van der Waals surface area (Å²) in [6, 6.07) is 14.6. The number of benzene rings is 2. The normalized spacial score (nSPS) is 16.5. The van der Waals surface area contributed by atoms with Crippen LogP contribution in [0.5, 0.6) is 0 Å². The van der Waals surface area contributed by atoms with Crippen LogP contribution in [0.15, 0.2) is 59.7 Å². The summed E-state index contributed by atoms with van der Waals surface area (Å²) >= 11 is 0. The van der Waals surface area contributed by atoms with Crippen LogP contribution in [0, 0.1) is 0 Å². The van der Waals surface area contributed by atoms with Gasteiger partial charge in [-0.1, -0.05) is 30.3 Å². The van der Waals surface area contributed by atoms with Crippen molar-refractivity contribution in [2.45, 2.75) is 39.0 Å². The molecule has 1 amide bonds. The molecule has 1 aromatic heterocycles. The fourth-order valence-electron chi connectivity index (χ4n) is 3.74. The highest BCUT2D eigenvalue weighted by atomic mass is 16.5. The zero-order chi connectivity index (χ0) is 20.5. The van der Waals surface area contributed by atoms with Crippen molar-refractivity contribution in [3.63, 3.8) is 0 Å². The Bertz CT molecular complexity index is 1150. The summed E-state index contributed by atoms with van der Waals surface area (Å²) in [7, 11) is 0. The molecule has 3 aromatic rings. The van der Waals surface area contributed by atoms with Crippen LogP contribution in [0.4, 0.5) is 5.69 Å². The molecule has 0 unspecified atom stereocenters. The highest BCUT2D eigenvalue weighted by Gasteiger charge is 2.34. The number of fused-ring (bicyclic) bond motifs is 2. The maximum absolute atomic E-state index is 12.9. The van der Waals surface area contributed by atoms with Gasteiger partial charge in [0.25, 0.3) is 11.5 Å². The highest BCUT2D eigenvalue weighted by molar-refractivity contribution is 5.99. The summed E-state index contributed by atoms with van der Waals surface area (Å²) in [5.41, 5.74) is 2.18. The van der Waals surface area contributed by atoms with Crippen LogP contribution in [-0.2, 0) is 27.3 Å². The van der Waals surface area contributed by atoms with Crippen LogP contribution in [0.1, 0.15) is 19.4 Å². The monoisotopic (exact) mass is 391 g/mol. The maximum Gasteiger partial charge on any atom is 0.326 e. The van der Waals surface area contributed by atoms with Crippen molar-refractivity contribution in [1.29, 1.82) is 0 Å². The van der Waals surface area contributed by atoms with E-state index >= 15 is 0 Å². The van der Waals surface area contributed by atoms with E-state index in [1.807, 2.05) is 31.2 Å². The average Bonchev–Trinajstić information content (AvgIpc) is 3.05. The maximum atomic E-state index is 12.9. The molecule has 4 rings (SSSR count). The molecule has 0 bridgehead atoms. The van der Waals surface area contributed by atoms with Crippen molar-refractivity contribution in [3.8, 4) is 0 Å². The number of hydrogen-bond donors (Lipinski definition) is 0. The minimum Gasteiger partial charge on any atom is -0.451 e. The standard InChI is InChI=1S/C22H21N3O4/c1-14-11-16-7-3-6-10-19(16)25(14)21(27)15(2)29-20(26)12-24-13-23-18-9-5-4-8-17(18)22(24)28/h3-10,13-15H,11-12H2,1-2H3/t14-,15+/m0/s1. The van der Waals surface area contributed by atoms with Gasteiger partial charge in [-0.2, -0.15) is 0 Å². The van der Waals surface area contributed by atoms with Gasteiger partial charge in [-0.3, -0.25) is 19.0 Å². The lowest BCUT2D eigenvalue weighted by atomic mass is 10.1. The van der Waals surface area contributed by atoms with Gasteiger partial charge in [-0.15, -0.1) is 0 Å². The Morgan fingerprint density at radius 2 is 1.90 bits per heavy atom. The predicted octanol–water partition coefficient (Wildman–Crippen LogP) is 2.31. The SMILES string of the molecule is C[C@@H](OC(=O)Cn1cnc2ccccc2c1=O)C(=O)N1c2ccccc2C[C@@H]1C. The molecule has 2 atom stereocenters. The Morgan fingerprint density at radius 1 is 1.17 bits per heavy atom. The fourth-order valence-corrected chi connectivity index (χ4v) is 3.74. The number of esters is 1. The number of nitrogens with zero attached hydrogens (tertiary/aromatic N) is 3. The molecule has 7 nitrogen and oxygen atoms in total. The molecule has 2 heterocycles. The molecule has 7 heteroatoms. The van der Waals surface area contributed by atoms with Gasteiger partial charge in [-0.25, -0.2) is 4.98 Å². The van der Waals surface area contributed by atoms with E-state index in [2.05, 4.69) is 4.98 Å². The second-order valence-electron chi connectivity index (χ2n) is 7.22. The number of rotatable bonds is 4. The molecule has 0 N–H and O–H groups in total. The van der Waals surface area contributed by atoms with E-state index in [1.165, 1.54) is 10.9 Å². The third-order valence-electron chi connectivity index (χ3n) is 5.13. The van der Waals surface area contributed by atoms with Crippen LogP contribution in [0.2, 0.25) is 0 Å². The number of ether oxygens (including phenoxy) is 1. The van der Waals surface area contributed by atoms with E-state index in [9.17, 15) is 14.4 Å². The van der Waals surface area contributed by atoms with Crippen molar-refractivity contribution in [2.24, 2.45) is 0 Å². The summed E-state index contributed by atoms with van der Waals surface area (Å²) in [6.45, 7) is 3.21. The third kappa shape index (κ3) is 3.51. The van der Waals surface area contributed by atoms with Crippen molar-refractivity contribution in [3.05, 3.63) is 70.8 Å². The molecule has 2 aromatic carbocycles. The number of para-hydroxylation sites is 2. The van der Waals surface area contributed by atoms with E-state index in [-0.39, 0.29) is 24.1 Å². The van der Waals surface area contributed by atoms with E-state index in [0.717, 1.165) is 17.7 Å². The summed E-state index contributed by atoms with van der Waals surface area (Å²) in [5.74, 6) is -0.940. The molecule has 0 fully saturated rings. The van der Waals surface area contributed by atoms with Gasteiger partial charge >= 0.3 is 5.97 Å². The van der Waals surface area contributed by atoms with Crippen molar-refractivity contribution >= 4 is 28.5 Å². The summed E-state index contributed by atoms with van der Waals surface area (Å²) < 4.78 is 6.53. The topological polar surface area (TPSA) is 81.5 Å².